The molecule has 0 aliphatic heterocycles. The minimum absolute atomic E-state index is 0.141. The summed E-state index contributed by atoms with van der Waals surface area (Å²) in [6.45, 7) is 1.76. The summed E-state index contributed by atoms with van der Waals surface area (Å²) in [5.74, 6) is -0.835. The summed E-state index contributed by atoms with van der Waals surface area (Å²) in [4.78, 5) is 11.3. The van der Waals surface area contributed by atoms with E-state index in [-0.39, 0.29) is 22.3 Å². The smallest absolute Gasteiger partial charge is 0.369 e. The van der Waals surface area contributed by atoms with Gasteiger partial charge in [0.25, 0.3) is 0 Å². The predicted molar refractivity (Wildman–Crippen MR) is 74.8 cm³/mol. The number of carbonyl (C=O) groups is 1. The monoisotopic (exact) mass is 319 g/mol. The molecule has 5 nitrogen and oxygen atoms in total. The molecule has 1 N–H and O–H groups in total. The molecule has 0 spiro atoms. The van der Waals surface area contributed by atoms with E-state index in [1.165, 1.54) is 12.1 Å². The van der Waals surface area contributed by atoms with Crippen LogP contribution in [0.3, 0.4) is 0 Å². The summed E-state index contributed by atoms with van der Waals surface area (Å²) in [5, 5.41) is 13.2. The van der Waals surface area contributed by atoms with E-state index in [1.54, 1.807) is 13.0 Å². The first-order chi connectivity index (χ1) is 8.99. The predicted octanol–water partition coefficient (Wildman–Crippen LogP) is 3.50. The number of benzene rings is 1. The normalized spacial score (nSPS) is 10.8. The van der Waals surface area contributed by atoms with E-state index >= 15 is 0 Å². The van der Waals surface area contributed by atoms with E-state index in [0.29, 0.717) is 5.02 Å². The molecule has 0 unspecified atom stereocenters. The molecule has 1 aromatic carbocycles. The van der Waals surface area contributed by atoms with Gasteiger partial charge in [0.05, 0.1) is 22.3 Å². The molecule has 0 amide bonds. The molecular formula is C11H8Cl3N3O2. The Morgan fingerprint density at radius 3 is 2.47 bits per heavy atom. The molecule has 19 heavy (non-hydrogen) atoms. The van der Waals surface area contributed by atoms with Crippen molar-refractivity contribution in [3.05, 3.63) is 27.2 Å². The van der Waals surface area contributed by atoms with Crippen molar-refractivity contribution in [3.8, 4) is 6.07 Å². The van der Waals surface area contributed by atoms with Crippen molar-refractivity contribution < 1.29 is 9.53 Å². The Morgan fingerprint density at radius 2 is 2.00 bits per heavy atom. The van der Waals surface area contributed by atoms with Gasteiger partial charge in [-0.15, -0.1) is 0 Å². The first kappa shape index (κ1) is 15.6. The maximum Gasteiger partial charge on any atom is 0.369 e. The lowest BCUT2D eigenvalue weighted by atomic mass is 10.3. The highest BCUT2D eigenvalue weighted by Crippen LogP contribution is 2.33. The zero-order chi connectivity index (χ0) is 14.4. The molecule has 0 radical (unpaired) electrons. The number of halogens is 3. The molecule has 0 fully saturated rings. The summed E-state index contributed by atoms with van der Waals surface area (Å²) < 4.78 is 4.64. The summed E-state index contributed by atoms with van der Waals surface area (Å²) in [5.41, 5.74) is 2.24. The second kappa shape index (κ2) is 7.19. The van der Waals surface area contributed by atoms with Crippen molar-refractivity contribution >= 4 is 52.2 Å². The van der Waals surface area contributed by atoms with Crippen LogP contribution in [0.5, 0.6) is 0 Å². The number of nitriles is 1. The average Bonchev–Trinajstić information content (AvgIpc) is 2.32. The maximum atomic E-state index is 11.3. The lowest BCUT2D eigenvalue weighted by Gasteiger charge is -2.07. The highest BCUT2D eigenvalue weighted by molar-refractivity contribution is 6.44. The van der Waals surface area contributed by atoms with Crippen molar-refractivity contribution in [1.82, 2.24) is 0 Å². The number of carbonyl (C=O) groups excluding carboxylic acids is 1. The summed E-state index contributed by atoms with van der Waals surface area (Å²) in [6.07, 6.45) is 0. The number of nitrogens with zero attached hydrogens (tertiary/aromatic N) is 2. The molecule has 0 aromatic heterocycles. The number of ether oxygens (including phenoxy) is 1. The highest BCUT2D eigenvalue weighted by Gasteiger charge is 2.13. The Balaban J connectivity index is 2.97. The fraction of sp³-hybridized carbons (Fsp3) is 0.182. The Morgan fingerprint density at radius 1 is 1.42 bits per heavy atom. The first-order valence-corrected chi connectivity index (χ1v) is 6.18. The quantitative estimate of drug-likeness (QED) is 0.523. The van der Waals surface area contributed by atoms with Crippen LogP contribution in [-0.4, -0.2) is 18.3 Å². The number of nitrogens with one attached hydrogen (secondary N) is 1. The molecule has 0 saturated heterocycles. The Labute approximate surface area is 124 Å². The number of hydrazone groups is 1. The molecule has 0 aliphatic rings. The number of hydrogen-bond donors (Lipinski definition) is 1. The van der Waals surface area contributed by atoms with Crippen LogP contribution >= 0.6 is 34.8 Å². The van der Waals surface area contributed by atoms with Gasteiger partial charge in [-0.2, -0.15) is 10.4 Å². The minimum atomic E-state index is -0.835. The maximum absolute atomic E-state index is 11.3. The number of hydrogen-bond acceptors (Lipinski definition) is 5. The van der Waals surface area contributed by atoms with Gasteiger partial charge >= 0.3 is 5.97 Å². The molecular weight excluding hydrogens is 312 g/mol. The number of anilines is 1. The highest BCUT2D eigenvalue weighted by atomic mass is 35.5. The van der Waals surface area contributed by atoms with Crippen LogP contribution < -0.4 is 5.43 Å². The zero-order valence-electron chi connectivity index (χ0n) is 9.71. The molecule has 0 atom stereocenters. The second-order valence-electron chi connectivity index (χ2n) is 3.15. The fourth-order valence-corrected chi connectivity index (χ4v) is 1.98. The van der Waals surface area contributed by atoms with Crippen LogP contribution in [0.15, 0.2) is 17.2 Å². The van der Waals surface area contributed by atoms with Gasteiger partial charge in [-0.3, -0.25) is 5.43 Å². The minimum Gasteiger partial charge on any atom is -0.461 e. The van der Waals surface area contributed by atoms with Crippen LogP contribution in [0.1, 0.15) is 6.92 Å². The van der Waals surface area contributed by atoms with Gasteiger partial charge in [0.2, 0.25) is 5.71 Å². The SMILES string of the molecule is CCOC(=O)/C(C#N)=N\Nc1c(Cl)cc(Cl)cc1Cl. The van der Waals surface area contributed by atoms with Gasteiger partial charge in [-0.25, -0.2) is 4.79 Å². The van der Waals surface area contributed by atoms with E-state index in [9.17, 15) is 4.79 Å². The standard InChI is InChI=1S/C11H8Cl3N3O2/c1-2-19-11(18)9(5-15)16-17-10-7(13)3-6(12)4-8(10)14/h3-4,17H,2H2,1H3/b16-9-. The topological polar surface area (TPSA) is 74.5 Å². The van der Waals surface area contributed by atoms with Crippen molar-refractivity contribution in [2.75, 3.05) is 12.0 Å². The fourth-order valence-electron chi connectivity index (χ4n) is 1.08. The Kier molecular flexibility index (Phi) is 5.90. The van der Waals surface area contributed by atoms with Crippen LogP contribution in [0.2, 0.25) is 15.1 Å². The van der Waals surface area contributed by atoms with Crippen molar-refractivity contribution in [1.29, 1.82) is 5.26 Å². The molecule has 0 bridgehead atoms. The van der Waals surface area contributed by atoms with E-state index in [2.05, 4.69) is 15.3 Å². The largest absolute Gasteiger partial charge is 0.461 e. The van der Waals surface area contributed by atoms with Crippen LogP contribution in [-0.2, 0) is 9.53 Å². The first-order valence-electron chi connectivity index (χ1n) is 5.05. The molecule has 1 aromatic rings. The van der Waals surface area contributed by atoms with Crippen LogP contribution in [0.25, 0.3) is 0 Å². The molecule has 0 heterocycles. The van der Waals surface area contributed by atoms with Crippen molar-refractivity contribution in [2.45, 2.75) is 6.92 Å². The molecule has 8 heteroatoms. The molecule has 0 aliphatic carbocycles. The van der Waals surface area contributed by atoms with Gasteiger partial charge in [0.15, 0.2) is 0 Å². The average molecular weight is 321 g/mol. The third kappa shape index (κ3) is 4.28. The Hall–Kier alpha value is -1.48. The summed E-state index contributed by atoms with van der Waals surface area (Å²) in [7, 11) is 0. The third-order valence-electron chi connectivity index (χ3n) is 1.86. The lowest BCUT2D eigenvalue weighted by molar-refractivity contribution is -0.134. The summed E-state index contributed by atoms with van der Waals surface area (Å²) in [6, 6.07) is 4.50. The van der Waals surface area contributed by atoms with Gasteiger partial charge in [0.1, 0.15) is 6.07 Å². The lowest BCUT2D eigenvalue weighted by Crippen LogP contribution is -2.17. The Bertz CT molecular complexity index is 544. The van der Waals surface area contributed by atoms with Gasteiger partial charge < -0.3 is 4.74 Å². The van der Waals surface area contributed by atoms with E-state index in [0.717, 1.165) is 0 Å². The van der Waals surface area contributed by atoms with E-state index in [1.807, 2.05) is 0 Å². The van der Waals surface area contributed by atoms with Crippen LogP contribution in [0.4, 0.5) is 5.69 Å². The zero-order valence-corrected chi connectivity index (χ0v) is 12.0. The van der Waals surface area contributed by atoms with Crippen molar-refractivity contribution in [2.24, 2.45) is 5.10 Å². The molecule has 100 valence electrons. The second-order valence-corrected chi connectivity index (χ2v) is 4.40. The molecule has 1 rings (SSSR count). The number of esters is 1. The summed E-state index contributed by atoms with van der Waals surface area (Å²) >= 11 is 17.5. The van der Waals surface area contributed by atoms with Gasteiger partial charge in [0, 0.05) is 5.02 Å². The van der Waals surface area contributed by atoms with E-state index in [4.69, 9.17) is 40.1 Å². The third-order valence-corrected chi connectivity index (χ3v) is 2.68. The van der Waals surface area contributed by atoms with Gasteiger partial charge in [-0.1, -0.05) is 34.8 Å². The number of rotatable bonds is 4. The van der Waals surface area contributed by atoms with E-state index < -0.39 is 11.7 Å². The van der Waals surface area contributed by atoms with Crippen LogP contribution in [0, 0.1) is 11.3 Å². The molecule has 0 saturated carbocycles. The van der Waals surface area contributed by atoms with Gasteiger partial charge in [-0.05, 0) is 19.1 Å². The van der Waals surface area contributed by atoms with Crippen molar-refractivity contribution in [3.63, 3.8) is 0 Å².